The van der Waals surface area contributed by atoms with Crippen molar-refractivity contribution in [2.75, 3.05) is 23.0 Å². The maximum Gasteiger partial charge on any atom is 0.411 e. The molecule has 2 aromatic carbocycles. The number of rotatable bonds is 5. The first-order valence-electron chi connectivity index (χ1n) is 7.21. The molecule has 0 unspecified atom stereocenters. The van der Waals surface area contributed by atoms with Gasteiger partial charge in [-0.3, -0.25) is 5.32 Å². The van der Waals surface area contributed by atoms with E-state index in [4.69, 9.17) is 10.5 Å². The molecule has 0 aliphatic carbocycles. The molecule has 0 saturated carbocycles. The Kier molecular flexibility index (Phi) is 5.25. The Morgan fingerprint density at radius 1 is 1.18 bits per heavy atom. The third-order valence-corrected chi connectivity index (χ3v) is 3.18. The van der Waals surface area contributed by atoms with Crippen molar-refractivity contribution in [1.29, 1.82) is 0 Å². The number of benzene rings is 2. The first-order valence-corrected chi connectivity index (χ1v) is 7.21. The Labute approximate surface area is 130 Å². The molecule has 4 N–H and O–H groups in total. The Hall–Kier alpha value is -2.69. The highest BCUT2D eigenvalue weighted by Gasteiger charge is 2.06. The van der Waals surface area contributed by atoms with Crippen LogP contribution in [0.3, 0.4) is 0 Å². The zero-order chi connectivity index (χ0) is 15.9. The van der Waals surface area contributed by atoms with Gasteiger partial charge < -0.3 is 15.8 Å². The first kappa shape index (κ1) is 15.7. The lowest BCUT2D eigenvalue weighted by atomic mass is 10.1. The summed E-state index contributed by atoms with van der Waals surface area (Å²) in [5.41, 5.74) is 10.3. The molecule has 0 radical (unpaired) electrons. The van der Waals surface area contributed by atoms with Crippen LogP contribution in [0, 0.1) is 6.92 Å². The van der Waals surface area contributed by atoms with Crippen LogP contribution in [-0.2, 0) is 11.3 Å². The van der Waals surface area contributed by atoms with Crippen molar-refractivity contribution < 1.29 is 9.53 Å². The fraction of sp³-hybridized carbons (Fsp3) is 0.235. The Morgan fingerprint density at radius 2 is 1.91 bits per heavy atom. The van der Waals surface area contributed by atoms with Gasteiger partial charge in [-0.15, -0.1) is 0 Å². The van der Waals surface area contributed by atoms with Gasteiger partial charge >= 0.3 is 6.09 Å². The molecule has 0 aliphatic rings. The smallest absolute Gasteiger partial charge is 0.411 e. The summed E-state index contributed by atoms with van der Waals surface area (Å²) in [7, 11) is 0. The van der Waals surface area contributed by atoms with E-state index in [1.165, 1.54) is 5.56 Å². The van der Waals surface area contributed by atoms with E-state index in [1.54, 1.807) is 13.0 Å². The second-order valence-corrected chi connectivity index (χ2v) is 4.99. The normalized spacial score (nSPS) is 10.1. The maximum absolute atomic E-state index is 11.4. The number of hydrogen-bond acceptors (Lipinski definition) is 4. The number of ether oxygens (including phenoxy) is 1. The van der Waals surface area contributed by atoms with Gasteiger partial charge in [0.1, 0.15) is 0 Å². The molecule has 0 aromatic heterocycles. The third kappa shape index (κ3) is 4.41. The highest BCUT2D eigenvalue weighted by molar-refractivity contribution is 5.88. The first-order chi connectivity index (χ1) is 10.6. The van der Waals surface area contributed by atoms with Gasteiger partial charge in [0.25, 0.3) is 0 Å². The van der Waals surface area contributed by atoms with Gasteiger partial charge in [-0.05, 0) is 43.7 Å². The third-order valence-electron chi connectivity index (χ3n) is 3.18. The van der Waals surface area contributed by atoms with Gasteiger partial charge in [0.15, 0.2) is 0 Å². The Morgan fingerprint density at radius 3 is 2.55 bits per heavy atom. The van der Waals surface area contributed by atoms with Crippen LogP contribution >= 0.6 is 0 Å². The molecule has 2 rings (SSSR count). The second-order valence-electron chi connectivity index (χ2n) is 4.99. The summed E-state index contributed by atoms with van der Waals surface area (Å²) >= 11 is 0. The summed E-state index contributed by atoms with van der Waals surface area (Å²) in [5.74, 6) is 0. The number of hydrogen-bond donors (Lipinski definition) is 3. The molecular weight excluding hydrogens is 278 g/mol. The average molecular weight is 299 g/mol. The summed E-state index contributed by atoms with van der Waals surface area (Å²) < 4.78 is 4.83. The molecule has 2 aromatic rings. The molecule has 0 saturated heterocycles. The standard InChI is InChI=1S/C17H21N3O2/c1-3-22-17(21)20-16-9-6-13(10-15(16)18)11-19-14-7-4-12(2)5-8-14/h4-10,19H,3,11,18H2,1-2H3,(H,20,21). The van der Waals surface area contributed by atoms with Crippen LogP contribution in [0.1, 0.15) is 18.1 Å². The number of aryl methyl sites for hydroxylation is 1. The number of anilines is 3. The van der Waals surface area contributed by atoms with Gasteiger partial charge in [0, 0.05) is 12.2 Å². The predicted octanol–water partition coefficient (Wildman–Crippen LogP) is 3.76. The van der Waals surface area contributed by atoms with Crippen LogP contribution in [0.15, 0.2) is 42.5 Å². The van der Waals surface area contributed by atoms with E-state index in [-0.39, 0.29) is 0 Å². The highest BCUT2D eigenvalue weighted by atomic mass is 16.5. The van der Waals surface area contributed by atoms with E-state index in [2.05, 4.69) is 29.7 Å². The average Bonchev–Trinajstić information content (AvgIpc) is 2.49. The van der Waals surface area contributed by atoms with E-state index in [1.807, 2.05) is 24.3 Å². The van der Waals surface area contributed by atoms with Crippen molar-refractivity contribution >= 4 is 23.2 Å². The lowest BCUT2D eigenvalue weighted by Gasteiger charge is -2.11. The van der Waals surface area contributed by atoms with Crippen LogP contribution in [-0.4, -0.2) is 12.7 Å². The van der Waals surface area contributed by atoms with Crippen molar-refractivity contribution in [2.24, 2.45) is 0 Å². The topological polar surface area (TPSA) is 76.4 Å². The van der Waals surface area contributed by atoms with Crippen LogP contribution in [0.2, 0.25) is 0 Å². The second kappa shape index (κ2) is 7.36. The van der Waals surface area contributed by atoms with Gasteiger partial charge in [-0.25, -0.2) is 4.79 Å². The fourth-order valence-electron chi connectivity index (χ4n) is 1.99. The van der Waals surface area contributed by atoms with Gasteiger partial charge in [0.2, 0.25) is 0 Å². The SMILES string of the molecule is CCOC(=O)Nc1ccc(CNc2ccc(C)cc2)cc1N. The molecule has 0 heterocycles. The minimum Gasteiger partial charge on any atom is -0.450 e. The fourth-order valence-corrected chi connectivity index (χ4v) is 1.99. The molecule has 0 bridgehead atoms. The summed E-state index contributed by atoms with van der Waals surface area (Å²) in [5, 5.41) is 5.94. The number of nitrogens with two attached hydrogens (primary N) is 1. The number of amides is 1. The van der Waals surface area contributed by atoms with Crippen LogP contribution in [0.5, 0.6) is 0 Å². The molecule has 116 valence electrons. The van der Waals surface area contributed by atoms with Crippen molar-refractivity contribution in [1.82, 2.24) is 0 Å². The predicted molar refractivity (Wildman–Crippen MR) is 90.0 cm³/mol. The molecule has 5 heteroatoms. The van der Waals surface area contributed by atoms with E-state index >= 15 is 0 Å². The molecule has 0 aliphatic heterocycles. The largest absolute Gasteiger partial charge is 0.450 e. The molecule has 5 nitrogen and oxygen atoms in total. The lowest BCUT2D eigenvalue weighted by Crippen LogP contribution is -2.14. The zero-order valence-electron chi connectivity index (χ0n) is 12.8. The Bertz CT molecular complexity index is 639. The number of nitrogens with one attached hydrogen (secondary N) is 2. The minimum absolute atomic E-state index is 0.324. The van der Waals surface area contributed by atoms with Crippen molar-refractivity contribution in [3.05, 3.63) is 53.6 Å². The molecule has 0 fully saturated rings. The molecule has 22 heavy (non-hydrogen) atoms. The van der Waals surface area contributed by atoms with Crippen molar-refractivity contribution in [2.45, 2.75) is 20.4 Å². The monoisotopic (exact) mass is 299 g/mol. The van der Waals surface area contributed by atoms with Gasteiger partial charge in [-0.1, -0.05) is 23.8 Å². The summed E-state index contributed by atoms with van der Waals surface area (Å²) in [6, 6.07) is 13.7. The van der Waals surface area contributed by atoms with Crippen molar-refractivity contribution in [3.63, 3.8) is 0 Å². The molecule has 1 amide bonds. The highest BCUT2D eigenvalue weighted by Crippen LogP contribution is 2.21. The number of carbonyl (C=O) groups is 1. The summed E-state index contributed by atoms with van der Waals surface area (Å²) in [6.07, 6.45) is -0.500. The Balaban J connectivity index is 1.97. The summed E-state index contributed by atoms with van der Waals surface area (Å²) in [6.45, 7) is 4.79. The van der Waals surface area contributed by atoms with Crippen LogP contribution < -0.4 is 16.4 Å². The number of nitrogen functional groups attached to an aromatic ring is 1. The molecule has 0 atom stereocenters. The van der Waals surface area contributed by atoms with Gasteiger partial charge in [0.05, 0.1) is 18.0 Å². The maximum atomic E-state index is 11.4. The van der Waals surface area contributed by atoms with Gasteiger partial charge in [-0.2, -0.15) is 0 Å². The van der Waals surface area contributed by atoms with E-state index in [0.29, 0.717) is 24.5 Å². The quantitative estimate of drug-likeness (QED) is 0.735. The van der Waals surface area contributed by atoms with E-state index in [0.717, 1.165) is 11.3 Å². The molecule has 0 spiro atoms. The van der Waals surface area contributed by atoms with Crippen LogP contribution in [0.4, 0.5) is 21.9 Å². The zero-order valence-corrected chi connectivity index (χ0v) is 12.8. The summed E-state index contributed by atoms with van der Waals surface area (Å²) in [4.78, 5) is 11.4. The number of carbonyl (C=O) groups excluding carboxylic acids is 1. The minimum atomic E-state index is -0.500. The van der Waals surface area contributed by atoms with Crippen molar-refractivity contribution in [3.8, 4) is 0 Å². The van der Waals surface area contributed by atoms with E-state index < -0.39 is 6.09 Å². The molecular formula is C17H21N3O2. The van der Waals surface area contributed by atoms with E-state index in [9.17, 15) is 4.79 Å². The lowest BCUT2D eigenvalue weighted by molar-refractivity contribution is 0.168. The van der Waals surface area contributed by atoms with Crippen LogP contribution in [0.25, 0.3) is 0 Å².